The molecule has 7 heteroatoms. The molecule has 3 aliphatic rings. The quantitative estimate of drug-likeness (QED) is 0.757. The zero-order valence-electron chi connectivity index (χ0n) is 15.3. The predicted molar refractivity (Wildman–Crippen MR) is 97.5 cm³/mol. The van der Waals surface area contributed by atoms with Gasteiger partial charge in [-0.1, -0.05) is 12.8 Å². The Balaban J connectivity index is 1.26. The first kappa shape index (κ1) is 17.4. The van der Waals surface area contributed by atoms with Crippen LogP contribution in [0.25, 0.3) is 0 Å². The van der Waals surface area contributed by atoms with E-state index in [4.69, 9.17) is 0 Å². The maximum atomic E-state index is 12.5. The second-order valence-corrected chi connectivity index (χ2v) is 7.88. The number of rotatable bonds is 4. The molecule has 2 amide bonds. The number of nitrogens with zero attached hydrogens (tertiary/aromatic N) is 5. The van der Waals surface area contributed by atoms with Crippen LogP contribution in [-0.2, 0) is 9.59 Å². The molecule has 26 heavy (non-hydrogen) atoms. The van der Waals surface area contributed by atoms with E-state index < -0.39 is 0 Å². The van der Waals surface area contributed by atoms with E-state index in [0.717, 1.165) is 64.4 Å². The van der Waals surface area contributed by atoms with E-state index in [0.29, 0.717) is 19.4 Å². The van der Waals surface area contributed by atoms with Crippen molar-refractivity contribution in [2.45, 2.75) is 38.5 Å². The number of piperidine rings is 1. The van der Waals surface area contributed by atoms with E-state index >= 15 is 0 Å². The van der Waals surface area contributed by atoms with Gasteiger partial charge in [0.05, 0.1) is 0 Å². The number of imide groups is 1. The summed E-state index contributed by atoms with van der Waals surface area (Å²) in [6.45, 7) is 4.82. The van der Waals surface area contributed by atoms with Gasteiger partial charge in [0, 0.05) is 64.5 Å². The van der Waals surface area contributed by atoms with Crippen LogP contribution in [0.5, 0.6) is 0 Å². The lowest BCUT2D eigenvalue weighted by Gasteiger charge is -2.39. The largest absolute Gasteiger partial charge is 0.338 e. The van der Waals surface area contributed by atoms with E-state index in [1.807, 2.05) is 6.07 Å². The molecule has 0 unspecified atom stereocenters. The molecular formula is C19H27N5O2. The summed E-state index contributed by atoms with van der Waals surface area (Å²) in [6.07, 6.45) is 9.07. The molecule has 4 rings (SSSR count). The molecule has 3 fully saturated rings. The summed E-state index contributed by atoms with van der Waals surface area (Å²) < 4.78 is 0. The van der Waals surface area contributed by atoms with Gasteiger partial charge in [0.15, 0.2) is 0 Å². The van der Waals surface area contributed by atoms with Crippen molar-refractivity contribution < 1.29 is 9.59 Å². The number of hydrogen-bond acceptors (Lipinski definition) is 6. The van der Waals surface area contributed by atoms with Crippen LogP contribution in [-0.4, -0.2) is 70.9 Å². The number of amides is 2. The lowest BCUT2D eigenvalue weighted by Crippen LogP contribution is -2.52. The first-order chi connectivity index (χ1) is 12.7. The number of hydrogen-bond donors (Lipinski definition) is 0. The van der Waals surface area contributed by atoms with Gasteiger partial charge in [-0.15, -0.1) is 0 Å². The number of likely N-dealkylation sites (tertiary alicyclic amines) is 1. The molecule has 1 spiro atoms. The molecule has 2 saturated heterocycles. The monoisotopic (exact) mass is 357 g/mol. The Kier molecular flexibility index (Phi) is 4.89. The minimum Gasteiger partial charge on any atom is -0.338 e. The molecule has 3 heterocycles. The van der Waals surface area contributed by atoms with Gasteiger partial charge in [0.1, 0.15) is 0 Å². The lowest BCUT2D eigenvalue weighted by molar-refractivity contribution is -0.153. The Morgan fingerprint density at radius 1 is 0.885 bits per heavy atom. The molecule has 1 aromatic heterocycles. The molecule has 0 N–H and O–H groups in total. The summed E-state index contributed by atoms with van der Waals surface area (Å²) in [7, 11) is 0. The molecule has 1 saturated carbocycles. The number of aromatic nitrogens is 2. The number of anilines is 1. The van der Waals surface area contributed by atoms with E-state index in [1.165, 1.54) is 4.90 Å². The van der Waals surface area contributed by atoms with Crippen molar-refractivity contribution in [2.75, 3.05) is 44.2 Å². The first-order valence-corrected chi connectivity index (χ1v) is 9.73. The highest BCUT2D eigenvalue weighted by Crippen LogP contribution is 2.46. The minimum absolute atomic E-state index is 0.00796. The third kappa shape index (κ3) is 3.58. The zero-order valence-corrected chi connectivity index (χ0v) is 15.3. The van der Waals surface area contributed by atoms with Crippen LogP contribution in [0.2, 0.25) is 0 Å². The normalized spacial score (nSPS) is 23.8. The van der Waals surface area contributed by atoms with Crippen LogP contribution in [0.15, 0.2) is 18.5 Å². The summed E-state index contributed by atoms with van der Waals surface area (Å²) in [5.74, 6) is 0.856. The minimum atomic E-state index is -0.00796. The standard InChI is InChI=1S/C19H27N5O2/c25-16-14-19(4-1-2-5-19)15-17(26)24(16)13-10-22-8-11-23(12-9-22)18-20-6-3-7-21-18/h3,6-7H,1-2,4-5,8-15H2. The molecule has 0 bridgehead atoms. The molecule has 7 nitrogen and oxygen atoms in total. The van der Waals surface area contributed by atoms with Crippen LogP contribution < -0.4 is 4.90 Å². The summed E-state index contributed by atoms with van der Waals surface area (Å²) in [4.78, 5) is 39.7. The zero-order chi connectivity index (χ0) is 18.0. The molecule has 2 aliphatic heterocycles. The third-order valence-corrected chi connectivity index (χ3v) is 6.17. The summed E-state index contributed by atoms with van der Waals surface area (Å²) in [6, 6.07) is 1.82. The van der Waals surface area contributed by atoms with Crippen molar-refractivity contribution in [1.82, 2.24) is 19.8 Å². The van der Waals surface area contributed by atoms with Crippen molar-refractivity contribution >= 4 is 17.8 Å². The van der Waals surface area contributed by atoms with Gasteiger partial charge in [-0.3, -0.25) is 19.4 Å². The highest BCUT2D eigenvalue weighted by atomic mass is 16.2. The van der Waals surface area contributed by atoms with E-state index in [9.17, 15) is 9.59 Å². The Labute approximate surface area is 154 Å². The van der Waals surface area contributed by atoms with E-state index in [2.05, 4.69) is 19.8 Å². The lowest BCUT2D eigenvalue weighted by atomic mass is 9.76. The number of carbonyl (C=O) groups excluding carboxylic acids is 2. The number of piperazine rings is 1. The van der Waals surface area contributed by atoms with Gasteiger partial charge >= 0.3 is 0 Å². The Morgan fingerprint density at radius 2 is 1.50 bits per heavy atom. The SMILES string of the molecule is O=C1CC2(CCCC2)CC(=O)N1CCN1CCN(c2ncccn2)CC1. The molecule has 0 radical (unpaired) electrons. The molecule has 140 valence electrons. The van der Waals surface area contributed by atoms with E-state index in [-0.39, 0.29) is 17.2 Å². The second kappa shape index (κ2) is 7.31. The van der Waals surface area contributed by atoms with E-state index in [1.54, 1.807) is 12.4 Å². The summed E-state index contributed by atoms with van der Waals surface area (Å²) in [5.41, 5.74) is -0.00796. The molecule has 1 aromatic rings. The summed E-state index contributed by atoms with van der Waals surface area (Å²) >= 11 is 0. The van der Waals surface area contributed by atoms with Crippen LogP contribution in [0.3, 0.4) is 0 Å². The maximum absolute atomic E-state index is 12.5. The molecule has 0 atom stereocenters. The molecular weight excluding hydrogens is 330 g/mol. The van der Waals surface area contributed by atoms with Crippen LogP contribution >= 0.6 is 0 Å². The van der Waals surface area contributed by atoms with Gasteiger partial charge in [0.25, 0.3) is 0 Å². The Bertz CT molecular complexity index is 631. The van der Waals surface area contributed by atoms with Crippen LogP contribution in [0.1, 0.15) is 38.5 Å². The van der Waals surface area contributed by atoms with Crippen molar-refractivity contribution in [3.05, 3.63) is 18.5 Å². The van der Waals surface area contributed by atoms with Crippen molar-refractivity contribution in [3.63, 3.8) is 0 Å². The number of carbonyl (C=O) groups is 2. The van der Waals surface area contributed by atoms with Gasteiger partial charge in [-0.25, -0.2) is 9.97 Å². The highest BCUT2D eigenvalue weighted by Gasteiger charge is 2.44. The van der Waals surface area contributed by atoms with Gasteiger partial charge < -0.3 is 4.90 Å². The first-order valence-electron chi connectivity index (χ1n) is 9.73. The van der Waals surface area contributed by atoms with Gasteiger partial charge in [-0.05, 0) is 24.3 Å². The average Bonchev–Trinajstić information content (AvgIpc) is 3.09. The highest BCUT2D eigenvalue weighted by molar-refractivity contribution is 5.98. The van der Waals surface area contributed by atoms with Crippen molar-refractivity contribution in [1.29, 1.82) is 0 Å². The smallest absolute Gasteiger partial charge is 0.229 e. The fourth-order valence-corrected chi connectivity index (χ4v) is 4.63. The van der Waals surface area contributed by atoms with Crippen molar-refractivity contribution in [3.8, 4) is 0 Å². The summed E-state index contributed by atoms with van der Waals surface area (Å²) in [5, 5.41) is 0. The molecule has 0 aromatic carbocycles. The Morgan fingerprint density at radius 3 is 2.12 bits per heavy atom. The van der Waals surface area contributed by atoms with Gasteiger partial charge in [-0.2, -0.15) is 0 Å². The fraction of sp³-hybridized carbons (Fsp3) is 0.684. The predicted octanol–water partition coefficient (Wildman–Crippen LogP) is 1.31. The van der Waals surface area contributed by atoms with Gasteiger partial charge in [0.2, 0.25) is 17.8 Å². The third-order valence-electron chi connectivity index (χ3n) is 6.17. The topological polar surface area (TPSA) is 69.6 Å². The Hall–Kier alpha value is -2.02. The fourth-order valence-electron chi connectivity index (χ4n) is 4.63. The van der Waals surface area contributed by atoms with Crippen LogP contribution in [0.4, 0.5) is 5.95 Å². The maximum Gasteiger partial charge on any atom is 0.229 e. The van der Waals surface area contributed by atoms with Crippen molar-refractivity contribution in [2.24, 2.45) is 5.41 Å². The van der Waals surface area contributed by atoms with Crippen LogP contribution in [0, 0.1) is 5.41 Å². The average molecular weight is 357 g/mol. The molecule has 1 aliphatic carbocycles. The second-order valence-electron chi connectivity index (χ2n) is 7.88.